The van der Waals surface area contributed by atoms with Crippen LogP contribution in [-0.2, 0) is 25.1 Å². The van der Waals surface area contributed by atoms with Crippen molar-refractivity contribution in [3.05, 3.63) is 214 Å². The van der Waals surface area contributed by atoms with E-state index in [0.29, 0.717) is 17.5 Å². The largest absolute Gasteiger partial charge is 0.481 e. The van der Waals surface area contributed by atoms with E-state index in [1.165, 1.54) is 27.8 Å². The summed E-state index contributed by atoms with van der Waals surface area (Å²) in [6.07, 6.45) is 7.15. The van der Waals surface area contributed by atoms with Crippen LogP contribution < -0.4 is 0 Å². The number of piperidine rings is 2. The molecule has 0 bridgehead atoms. The Morgan fingerprint density at radius 1 is 0.514 bits per heavy atom. The number of benzene rings is 6. The van der Waals surface area contributed by atoms with Crippen LogP contribution in [-0.4, -0.2) is 83.2 Å². The van der Waals surface area contributed by atoms with E-state index < -0.39 is 11.4 Å². The number of carbonyl (C=O) groups is 2. The lowest BCUT2D eigenvalue weighted by molar-refractivity contribution is -0.142. The minimum atomic E-state index is -0.973. The molecular formula is C64H78N2O6. The summed E-state index contributed by atoms with van der Waals surface area (Å²) in [5, 5.41) is 20.1. The summed E-state index contributed by atoms with van der Waals surface area (Å²) in [7, 11) is 0. The second-order valence-corrected chi connectivity index (χ2v) is 21.3. The van der Waals surface area contributed by atoms with Gasteiger partial charge in [0, 0.05) is 38.2 Å². The van der Waals surface area contributed by atoms with Gasteiger partial charge in [-0.2, -0.15) is 0 Å². The summed E-state index contributed by atoms with van der Waals surface area (Å²) in [5.41, 5.74) is 7.62. The van der Waals surface area contributed by atoms with Gasteiger partial charge in [-0.1, -0.05) is 191 Å². The van der Waals surface area contributed by atoms with E-state index in [2.05, 4.69) is 164 Å². The first kappa shape index (κ1) is 54.0. The van der Waals surface area contributed by atoms with Gasteiger partial charge in [0.2, 0.25) is 0 Å². The molecule has 1 atom stereocenters. The van der Waals surface area contributed by atoms with Crippen LogP contribution in [0.15, 0.2) is 170 Å². The summed E-state index contributed by atoms with van der Waals surface area (Å²) >= 11 is 0. The van der Waals surface area contributed by atoms with Gasteiger partial charge in [0.25, 0.3) is 0 Å². The smallest absolute Gasteiger partial charge is 0.313 e. The van der Waals surface area contributed by atoms with E-state index in [1.807, 2.05) is 12.1 Å². The minimum absolute atomic E-state index is 0.0197. The van der Waals surface area contributed by atoms with Crippen LogP contribution in [0.2, 0.25) is 0 Å². The lowest BCUT2D eigenvalue weighted by atomic mass is 9.84. The third-order valence-corrected chi connectivity index (χ3v) is 14.6. The number of carboxylic acid groups (broad SMARTS) is 1. The van der Waals surface area contributed by atoms with Gasteiger partial charge >= 0.3 is 5.97 Å². The topological polar surface area (TPSA) is 99.5 Å². The molecule has 72 heavy (non-hydrogen) atoms. The number of aliphatic hydroxyl groups is 1. The Bertz CT molecular complexity index is 2430. The third-order valence-electron chi connectivity index (χ3n) is 14.6. The minimum Gasteiger partial charge on any atom is -0.481 e. The van der Waals surface area contributed by atoms with Crippen molar-refractivity contribution < 1.29 is 29.3 Å². The molecule has 1 unspecified atom stereocenters. The van der Waals surface area contributed by atoms with Gasteiger partial charge in [-0.25, -0.2) is 0 Å². The first-order valence-corrected chi connectivity index (χ1v) is 26.4. The second-order valence-electron chi connectivity index (χ2n) is 21.3. The van der Waals surface area contributed by atoms with Gasteiger partial charge in [0.1, 0.15) is 12.2 Å². The van der Waals surface area contributed by atoms with Crippen molar-refractivity contribution in [2.45, 2.75) is 127 Å². The Hall–Kier alpha value is -5.74. The number of hydrogen-bond acceptors (Lipinski definition) is 7. The quantitative estimate of drug-likeness (QED) is 0.0730. The summed E-state index contributed by atoms with van der Waals surface area (Å²) in [6.45, 7) is 16.0. The van der Waals surface area contributed by atoms with Crippen molar-refractivity contribution >= 4 is 11.8 Å². The molecule has 0 saturated carbocycles. The number of nitrogens with zero attached hydrogens (tertiary/aromatic N) is 2. The van der Waals surface area contributed by atoms with Crippen LogP contribution >= 0.6 is 0 Å². The molecule has 380 valence electrons. The number of carboxylic acids is 1. The fourth-order valence-corrected chi connectivity index (χ4v) is 9.82. The molecule has 0 amide bonds. The molecule has 2 aliphatic rings. The number of hydrogen-bond donors (Lipinski definition) is 2. The Morgan fingerprint density at radius 2 is 0.889 bits per heavy atom. The lowest BCUT2D eigenvalue weighted by Gasteiger charge is -2.34. The molecule has 0 aliphatic carbocycles. The van der Waals surface area contributed by atoms with Crippen molar-refractivity contribution in [2.24, 2.45) is 0 Å². The zero-order chi connectivity index (χ0) is 50.9. The SMILES string of the molecule is CC(C)(C(=O)O)c1ccc(C(=O)CCCN2CCC(OC(c3ccccc3)c3ccccc3)CC2)cc1.CC(C)(C)c1ccc(C(O)CCCN2CCC(OC(c3ccccc3)c3ccccc3)CC2)cc1. The van der Waals surface area contributed by atoms with Gasteiger partial charge in [0.15, 0.2) is 5.78 Å². The second kappa shape index (κ2) is 26.3. The molecule has 6 aromatic rings. The van der Waals surface area contributed by atoms with Crippen molar-refractivity contribution in [3.63, 3.8) is 0 Å². The molecule has 0 radical (unpaired) electrons. The maximum atomic E-state index is 12.7. The van der Waals surface area contributed by atoms with Crippen LogP contribution in [0, 0.1) is 0 Å². The number of ether oxygens (including phenoxy) is 2. The fourth-order valence-electron chi connectivity index (χ4n) is 9.82. The molecule has 2 heterocycles. The predicted molar refractivity (Wildman–Crippen MR) is 291 cm³/mol. The third kappa shape index (κ3) is 15.6. The highest BCUT2D eigenvalue weighted by Gasteiger charge is 2.30. The zero-order valence-corrected chi connectivity index (χ0v) is 43.4. The van der Waals surface area contributed by atoms with E-state index in [1.54, 1.807) is 38.1 Å². The number of ketones is 1. The number of aliphatic hydroxyl groups excluding tert-OH is 1. The average Bonchev–Trinajstić information content (AvgIpc) is 3.41. The highest BCUT2D eigenvalue weighted by Crippen LogP contribution is 2.33. The average molecular weight is 971 g/mol. The molecule has 8 rings (SSSR count). The normalized spacial score (nSPS) is 15.8. The van der Waals surface area contributed by atoms with Crippen LogP contribution in [0.1, 0.15) is 154 Å². The van der Waals surface area contributed by atoms with E-state index >= 15 is 0 Å². The number of aliphatic carboxylic acids is 1. The molecule has 2 saturated heterocycles. The van der Waals surface area contributed by atoms with Crippen molar-refractivity contribution in [3.8, 4) is 0 Å². The van der Waals surface area contributed by atoms with Crippen LogP contribution in [0.4, 0.5) is 0 Å². The van der Waals surface area contributed by atoms with Crippen molar-refractivity contribution in [1.82, 2.24) is 9.80 Å². The predicted octanol–water partition coefficient (Wildman–Crippen LogP) is 13.4. The molecule has 8 nitrogen and oxygen atoms in total. The number of carbonyl (C=O) groups excluding carboxylic acids is 1. The van der Waals surface area contributed by atoms with Gasteiger partial charge in [0.05, 0.1) is 23.7 Å². The molecule has 0 spiro atoms. The van der Waals surface area contributed by atoms with Crippen LogP contribution in [0.3, 0.4) is 0 Å². The Balaban J connectivity index is 0.000000212. The summed E-state index contributed by atoms with van der Waals surface area (Å²) < 4.78 is 13.3. The van der Waals surface area contributed by atoms with Gasteiger partial charge in [-0.15, -0.1) is 0 Å². The van der Waals surface area contributed by atoms with E-state index in [9.17, 15) is 19.8 Å². The Kier molecular flexibility index (Phi) is 19.7. The number of rotatable bonds is 20. The van der Waals surface area contributed by atoms with Crippen LogP contribution in [0.5, 0.6) is 0 Å². The molecule has 2 fully saturated rings. The highest BCUT2D eigenvalue weighted by atomic mass is 16.5. The van der Waals surface area contributed by atoms with E-state index in [0.717, 1.165) is 89.8 Å². The fraction of sp³-hybridized carbons (Fsp3) is 0.406. The molecule has 8 heteroatoms. The molecule has 6 aromatic carbocycles. The Labute approximate surface area is 430 Å². The zero-order valence-electron chi connectivity index (χ0n) is 43.4. The summed E-state index contributed by atoms with van der Waals surface area (Å²) in [4.78, 5) is 29.1. The van der Waals surface area contributed by atoms with Gasteiger partial charge < -0.3 is 29.5 Å². The van der Waals surface area contributed by atoms with Crippen molar-refractivity contribution in [2.75, 3.05) is 39.3 Å². The first-order chi connectivity index (χ1) is 34.7. The molecule has 2 N–H and O–H groups in total. The Morgan fingerprint density at radius 3 is 1.26 bits per heavy atom. The number of Topliss-reactive ketones (excluding diaryl/α,β-unsaturated/α-hetero) is 1. The summed E-state index contributed by atoms with van der Waals surface area (Å²) in [5.74, 6) is -0.775. The first-order valence-electron chi connectivity index (χ1n) is 26.4. The van der Waals surface area contributed by atoms with E-state index in [-0.39, 0.29) is 41.7 Å². The molecular weight excluding hydrogens is 893 g/mol. The standard InChI is InChI=1S/C32H37NO4.C32H41NO2/c1-32(2,31(35)36)27-17-15-24(16-18-27)29(34)14-9-21-33-22-19-28(20-23-33)37-30(25-10-5-3-6-11-25)26-12-7-4-8-13-26;1-32(2,3)28-18-16-25(17-19-28)30(34)15-10-22-33-23-20-29(21-24-33)35-31(26-11-6-4-7-12-26)27-13-8-5-9-14-27/h3-8,10-13,15-18,28,30H,9,14,19-23H2,1-2H3,(H,35,36);4-9,11-14,16-19,29-31,34H,10,15,20-24H2,1-3H3. The number of likely N-dealkylation sites (tertiary alicyclic amines) is 2. The molecule has 0 aromatic heterocycles. The monoisotopic (exact) mass is 971 g/mol. The lowest BCUT2D eigenvalue weighted by Crippen LogP contribution is -2.38. The van der Waals surface area contributed by atoms with Crippen LogP contribution in [0.25, 0.3) is 0 Å². The van der Waals surface area contributed by atoms with Gasteiger partial charge in [-0.05, 0) is 116 Å². The molecule has 2 aliphatic heterocycles. The van der Waals surface area contributed by atoms with Gasteiger partial charge in [-0.3, -0.25) is 9.59 Å². The van der Waals surface area contributed by atoms with E-state index in [4.69, 9.17) is 9.47 Å². The summed E-state index contributed by atoms with van der Waals surface area (Å²) in [6, 6.07) is 57.4. The van der Waals surface area contributed by atoms with Crippen molar-refractivity contribution in [1.29, 1.82) is 0 Å². The highest BCUT2D eigenvalue weighted by molar-refractivity contribution is 5.96. The maximum absolute atomic E-state index is 12.7. The maximum Gasteiger partial charge on any atom is 0.313 e.